The Hall–Kier alpha value is -1.93. The number of nitro groups is 1. The third-order valence-corrected chi connectivity index (χ3v) is 2.77. The average Bonchev–Trinajstić information content (AvgIpc) is 2.34. The van der Waals surface area contributed by atoms with Gasteiger partial charge in [0.25, 0.3) is 5.69 Å². The highest BCUT2D eigenvalue weighted by molar-refractivity contribution is 5.32. The third kappa shape index (κ3) is 4.15. The number of nitro benzene ring substituents is 1. The van der Waals surface area contributed by atoms with Crippen molar-refractivity contribution in [3.63, 3.8) is 0 Å². The summed E-state index contributed by atoms with van der Waals surface area (Å²) in [5.41, 5.74) is 1.12. The minimum Gasteiger partial charge on any atom is -0.296 e. The molecule has 5 nitrogen and oxygen atoms in total. The Kier molecular flexibility index (Phi) is 5.28. The second-order valence-electron chi connectivity index (χ2n) is 4.40. The van der Waals surface area contributed by atoms with E-state index in [-0.39, 0.29) is 5.69 Å². The molecule has 0 bridgehead atoms. The van der Waals surface area contributed by atoms with Crippen molar-refractivity contribution in [3.8, 4) is 6.07 Å². The first kappa shape index (κ1) is 14.1. The Morgan fingerprint density at radius 3 is 2.44 bits per heavy atom. The van der Waals surface area contributed by atoms with Crippen LogP contribution in [0.15, 0.2) is 24.3 Å². The largest absolute Gasteiger partial charge is 0.296 e. The van der Waals surface area contributed by atoms with E-state index in [0.717, 1.165) is 5.56 Å². The molecule has 1 aromatic rings. The van der Waals surface area contributed by atoms with E-state index in [1.165, 1.54) is 12.1 Å². The molecule has 0 radical (unpaired) electrons. The highest BCUT2D eigenvalue weighted by Gasteiger charge is 2.11. The predicted molar refractivity (Wildman–Crippen MR) is 68.9 cm³/mol. The normalized spacial score (nSPS) is 10.6. The third-order valence-electron chi connectivity index (χ3n) is 2.77. The summed E-state index contributed by atoms with van der Waals surface area (Å²) in [6, 6.07) is 9.02. The Balaban J connectivity index is 2.69. The fourth-order valence-corrected chi connectivity index (χ4v) is 1.67. The minimum atomic E-state index is -0.403. The summed E-state index contributed by atoms with van der Waals surface area (Å²) in [6.45, 7) is 5.56. The number of hydrogen-bond donors (Lipinski definition) is 0. The van der Waals surface area contributed by atoms with Gasteiger partial charge in [0.1, 0.15) is 0 Å². The van der Waals surface area contributed by atoms with Gasteiger partial charge in [0.2, 0.25) is 0 Å². The lowest BCUT2D eigenvalue weighted by atomic mass is 10.1. The van der Waals surface area contributed by atoms with Gasteiger partial charge >= 0.3 is 0 Å². The van der Waals surface area contributed by atoms with Gasteiger partial charge in [-0.1, -0.05) is 12.1 Å². The second-order valence-corrected chi connectivity index (χ2v) is 4.40. The first-order chi connectivity index (χ1) is 8.54. The maximum Gasteiger partial charge on any atom is 0.269 e. The van der Waals surface area contributed by atoms with E-state index < -0.39 is 4.92 Å². The summed E-state index contributed by atoms with van der Waals surface area (Å²) in [7, 11) is 0. The topological polar surface area (TPSA) is 70.2 Å². The van der Waals surface area contributed by atoms with Crippen LogP contribution in [0.2, 0.25) is 0 Å². The van der Waals surface area contributed by atoms with Crippen LogP contribution in [0.25, 0.3) is 0 Å². The summed E-state index contributed by atoms with van der Waals surface area (Å²) in [4.78, 5) is 12.3. The van der Waals surface area contributed by atoms with Crippen LogP contribution in [0.4, 0.5) is 5.69 Å². The highest BCUT2D eigenvalue weighted by atomic mass is 16.6. The van der Waals surface area contributed by atoms with Crippen molar-refractivity contribution in [2.45, 2.75) is 32.9 Å². The van der Waals surface area contributed by atoms with Gasteiger partial charge in [0.15, 0.2) is 0 Å². The molecule has 5 heteroatoms. The van der Waals surface area contributed by atoms with Crippen LogP contribution < -0.4 is 0 Å². The molecule has 1 aromatic carbocycles. The van der Waals surface area contributed by atoms with Crippen molar-refractivity contribution in [1.29, 1.82) is 5.26 Å². The SMILES string of the molecule is CC(C)N(CCC#N)Cc1ccc([N+](=O)[O-])cc1. The van der Waals surface area contributed by atoms with Crippen LogP contribution in [0.5, 0.6) is 0 Å². The molecule has 96 valence electrons. The number of rotatable bonds is 6. The summed E-state index contributed by atoms with van der Waals surface area (Å²) in [6.07, 6.45) is 0.491. The van der Waals surface area contributed by atoms with Crippen LogP contribution in [0.3, 0.4) is 0 Å². The molecule has 0 N–H and O–H groups in total. The van der Waals surface area contributed by atoms with E-state index in [9.17, 15) is 10.1 Å². The highest BCUT2D eigenvalue weighted by Crippen LogP contribution is 2.14. The van der Waals surface area contributed by atoms with Crippen molar-refractivity contribution in [3.05, 3.63) is 39.9 Å². The van der Waals surface area contributed by atoms with Gasteiger partial charge in [-0.05, 0) is 19.4 Å². The standard InChI is InChI=1S/C13H17N3O2/c1-11(2)15(9-3-8-14)10-12-4-6-13(7-5-12)16(17)18/h4-7,11H,3,9-10H2,1-2H3. The summed E-state index contributed by atoms with van der Waals surface area (Å²) < 4.78 is 0. The predicted octanol–water partition coefficient (Wildman–Crippen LogP) is 2.72. The van der Waals surface area contributed by atoms with Crippen molar-refractivity contribution < 1.29 is 4.92 Å². The van der Waals surface area contributed by atoms with Gasteiger partial charge in [-0.15, -0.1) is 0 Å². The number of nitrogens with zero attached hydrogens (tertiary/aromatic N) is 3. The zero-order chi connectivity index (χ0) is 13.5. The summed E-state index contributed by atoms with van der Waals surface area (Å²) in [5.74, 6) is 0. The zero-order valence-electron chi connectivity index (χ0n) is 10.7. The Morgan fingerprint density at radius 1 is 1.39 bits per heavy atom. The number of hydrogen-bond acceptors (Lipinski definition) is 4. The van der Waals surface area contributed by atoms with Crippen LogP contribution in [-0.2, 0) is 6.54 Å². The van der Waals surface area contributed by atoms with Crippen LogP contribution >= 0.6 is 0 Å². The molecule has 0 atom stereocenters. The molecule has 0 saturated carbocycles. The first-order valence-electron chi connectivity index (χ1n) is 5.89. The molecule has 0 heterocycles. The molecule has 0 aromatic heterocycles. The Bertz CT molecular complexity index is 435. The quantitative estimate of drug-likeness (QED) is 0.572. The molecule has 0 aliphatic carbocycles. The molecular weight excluding hydrogens is 230 g/mol. The summed E-state index contributed by atoms with van der Waals surface area (Å²) >= 11 is 0. The number of non-ortho nitro benzene ring substituents is 1. The molecule has 18 heavy (non-hydrogen) atoms. The van der Waals surface area contributed by atoms with E-state index in [2.05, 4.69) is 24.8 Å². The van der Waals surface area contributed by atoms with Gasteiger partial charge < -0.3 is 0 Å². The number of nitriles is 1. The molecule has 0 fully saturated rings. The molecule has 0 aliphatic rings. The molecule has 0 amide bonds. The lowest BCUT2D eigenvalue weighted by Crippen LogP contribution is -2.31. The molecule has 0 spiro atoms. The van der Waals surface area contributed by atoms with Crippen molar-refractivity contribution in [2.75, 3.05) is 6.54 Å². The van der Waals surface area contributed by atoms with Crippen molar-refractivity contribution in [2.24, 2.45) is 0 Å². The van der Waals surface area contributed by atoms with E-state index >= 15 is 0 Å². The maximum absolute atomic E-state index is 10.5. The molecule has 0 unspecified atom stereocenters. The molecule has 0 aliphatic heterocycles. The lowest BCUT2D eigenvalue weighted by Gasteiger charge is -2.25. The zero-order valence-corrected chi connectivity index (χ0v) is 10.7. The van der Waals surface area contributed by atoms with Crippen molar-refractivity contribution in [1.82, 2.24) is 4.90 Å². The molecule has 1 rings (SSSR count). The fraction of sp³-hybridized carbons (Fsp3) is 0.462. The minimum absolute atomic E-state index is 0.104. The van der Waals surface area contributed by atoms with Crippen LogP contribution in [-0.4, -0.2) is 22.4 Å². The van der Waals surface area contributed by atoms with E-state index in [0.29, 0.717) is 25.6 Å². The lowest BCUT2D eigenvalue weighted by molar-refractivity contribution is -0.384. The first-order valence-corrected chi connectivity index (χ1v) is 5.89. The van der Waals surface area contributed by atoms with Gasteiger partial charge in [0.05, 0.1) is 11.0 Å². The average molecular weight is 247 g/mol. The van der Waals surface area contributed by atoms with Gasteiger partial charge in [-0.2, -0.15) is 5.26 Å². The monoisotopic (exact) mass is 247 g/mol. The van der Waals surface area contributed by atoms with Gasteiger partial charge in [0, 0.05) is 37.7 Å². The van der Waals surface area contributed by atoms with E-state index in [4.69, 9.17) is 5.26 Å². The van der Waals surface area contributed by atoms with Gasteiger partial charge in [-0.25, -0.2) is 0 Å². The molecular formula is C13H17N3O2. The number of benzene rings is 1. The Morgan fingerprint density at radius 2 is 2.00 bits per heavy atom. The molecule has 0 saturated heterocycles. The Labute approximate surface area is 107 Å². The van der Waals surface area contributed by atoms with Gasteiger partial charge in [-0.3, -0.25) is 15.0 Å². The maximum atomic E-state index is 10.5. The van der Waals surface area contributed by atoms with Crippen molar-refractivity contribution >= 4 is 5.69 Å². The smallest absolute Gasteiger partial charge is 0.269 e. The second kappa shape index (κ2) is 6.72. The van der Waals surface area contributed by atoms with E-state index in [1.807, 2.05) is 0 Å². The van der Waals surface area contributed by atoms with E-state index in [1.54, 1.807) is 12.1 Å². The van der Waals surface area contributed by atoms with Crippen LogP contribution in [0, 0.1) is 21.4 Å². The van der Waals surface area contributed by atoms with Crippen LogP contribution in [0.1, 0.15) is 25.8 Å². The summed E-state index contributed by atoms with van der Waals surface area (Å²) in [5, 5.41) is 19.2. The fourth-order valence-electron chi connectivity index (χ4n) is 1.67.